The zero-order valence-electron chi connectivity index (χ0n) is 10.5. The van der Waals surface area contributed by atoms with Gasteiger partial charge in [-0.1, -0.05) is 0 Å². The molecule has 0 radical (unpaired) electrons. The van der Waals surface area contributed by atoms with Crippen LogP contribution in [0.2, 0.25) is 0 Å². The number of thiophene rings is 1. The zero-order valence-corrected chi connectivity index (χ0v) is 12.9. The summed E-state index contributed by atoms with van der Waals surface area (Å²) in [6.45, 7) is 2.77. The second kappa shape index (κ2) is 5.60. The van der Waals surface area contributed by atoms with Gasteiger partial charge in [-0.2, -0.15) is 4.98 Å². The van der Waals surface area contributed by atoms with Gasteiger partial charge < -0.3 is 10.6 Å². The quantitative estimate of drug-likeness (QED) is 0.899. The van der Waals surface area contributed by atoms with Crippen molar-refractivity contribution in [3.63, 3.8) is 0 Å². The van der Waals surface area contributed by atoms with Crippen molar-refractivity contribution in [1.29, 1.82) is 0 Å². The first-order valence-electron chi connectivity index (χ1n) is 6.38. The van der Waals surface area contributed by atoms with Crippen molar-refractivity contribution in [2.75, 3.05) is 24.5 Å². The van der Waals surface area contributed by atoms with Crippen molar-refractivity contribution >= 4 is 33.2 Å². The lowest BCUT2D eigenvalue weighted by Gasteiger charge is -2.30. The number of H-pyrrole nitrogens is 1. The summed E-state index contributed by atoms with van der Waals surface area (Å²) in [6, 6.07) is 2.05. The highest BCUT2D eigenvalue weighted by atomic mass is 79.9. The fourth-order valence-corrected chi connectivity index (χ4v) is 3.47. The molecule has 1 aliphatic rings. The van der Waals surface area contributed by atoms with E-state index >= 15 is 0 Å². The number of hydrogen-bond donors (Lipinski definition) is 2. The van der Waals surface area contributed by atoms with Gasteiger partial charge in [0.1, 0.15) is 0 Å². The van der Waals surface area contributed by atoms with Gasteiger partial charge in [0, 0.05) is 24.0 Å². The molecule has 1 fully saturated rings. The minimum absolute atomic E-state index is 0.655. The number of aromatic amines is 1. The molecule has 2 aromatic heterocycles. The maximum Gasteiger partial charge on any atom is 0.245 e. The molecule has 3 heterocycles. The molecular weight excluding hydrogens is 326 g/mol. The predicted molar refractivity (Wildman–Crippen MR) is 81.4 cm³/mol. The molecule has 0 spiro atoms. The summed E-state index contributed by atoms with van der Waals surface area (Å²) in [4.78, 5) is 6.81. The van der Waals surface area contributed by atoms with E-state index in [2.05, 4.69) is 47.5 Å². The van der Waals surface area contributed by atoms with E-state index in [1.807, 2.05) is 0 Å². The molecular formula is C12H16BrN5S. The largest absolute Gasteiger partial charge is 0.340 e. The lowest BCUT2D eigenvalue weighted by atomic mass is 9.97. The van der Waals surface area contributed by atoms with Crippen LogP contribution in [0.15, 0.2) is 15.2 Å². The van der Waals surface area contributed by atoms with E-state index in [-0.39, 0.29) is 0 Å². The number of rotatable bonds is 3. The van der Waals surface area contributed by atoms with Gasteiger partial charge in [0.2, 0.25) is 5.95 Å². The first-order valence-corrected chi connectivity index (χ1v) is 8.05. The number of nitrogens with two attached hydrogens (primary N) is 1. The highest BCUT2D eigenvalue weighted by Gasteiger charge is 2.21. The molecule has 0 aromatic carbocycles. The Balaban J connectivity index is 1.72. The number of nitrogens with zero attached hydrogens (tertiary/aromatic N) is 3. The molecule has 1 aliphatic heterocycles. The molecule has 2 aromatic rings. The predicted octanol–water partition coefficient (Wildman–Crippen LogP) is 2.47. The van der Waals surface area contributed by atoms with Crippen molar-refractivity contribution < 1.29 is 0 Å². The Bertz CT molecular complexity index is 544. The van der Waals surface area contributed by atoms with Crippen LogP contribution in [0.1, 0.15) is 12.8 Å². The van der Waals surface area contributed by atoms with Gasteiger partial charge in [-0.05, 0) is 47.3 Å². The Morgan fingerprint density at radius 2 is 2.26 bits per heavy atom. The van der Waals surface area contributed by atoms with Crippen molar-refractivity contribution in [1.82, 2.24) is 15.2 Å². The fraction of sp³-hybridized carbons (Fsp3) is 0.500. The fourth-order valence-electron chi connectivity index (χ4n) is 2.33. The first-order chi connectivity index (χ1) is 9.26. The summed E-state index contributed by atoms with van der Waals surface area (Å²) >= 11 is 5.11. The second-order valence-corrected chi connectivity index (χ2v) is 7.08. The Labute approximate surface area is 124 Å². The highest BCUT2D eigenvalue weighted by Crippen LogP contribution is 2.28. The van der Waals surface area contributed by atoms with Crippen molar-refractivity contribution in [3.05, 3.63) is 15.2 Å². The summed E-state index contributed by atoms with van der Waals surface area (Å²) < 4.78 is 1.10. The summed E-state index contributed by atoms with van der Waals surface area (Å²) in [6.07, 6.45) is 2.26. The summed E-state index contributed by atoms with van der Waals surface area (Å²) in [5, 5.41) is 9.41. The average Bonchev–Trinajstić information content (AvgIpc) is 3.07. The van der Waals surface area contributed by atoms with E-state index in [0.29, 0.717) is 5.92 Å². The summed E-state index contributed by atoms with van der Waals surface area (Å²) in [7, 11) is 0. The van der Waals surface area contributed by atoms with E-state index < -0.39 is 0 Å². The van der Waals surface area contributed by atoms with Crippen molar-refractivity contribution in [3.8, 4) is 11.4 Å². The standard InChI is InChI=1S/C12H16BrN5S/c13-10-5-9(7-19-10)11-15-12(17-16-11)18-3-1-8(6-14)2-4-18/h5,7-8H,1-4,6,14H2,(H,15,16,17). The normalized spacial score (nSPS) is 17.1. The van der Waals surface area contributed by atoms with Crippen LogP contribution in [-0.4, -0.2) is 34.8 Å². The maximum atomic E-state index is 5.71. The minimum Gasteiger partial charge on any atom is -0.340 e. The number of aromatic nitrogens is 3. The number of hydrogen-bond acceptors (Lipinski definition) is 5. The molecule has 0 unspecified atom stereocenters. The molecule has 19 heavy (non-hydrogen) atoms. The van der Waals surface area contributed by atoms with Crippen molar-refractivity contribution in [2.45, 2.75) is 12.8 Å². The molecule has 1 saturated heterocycles. The zero-order chi connectivity index (χ0) is 13.2. The third-order valence-electron chi connectivity index (χ3n) is 3.55. The van der Waals surface area contributed by atoms with Gasteiger partial charge >= 0.3 is 0 Å². The van der Waals surface area contributed by atoms with E-state index in [1.54, 1.807) is 11.3 Å². The number of halogens is 1. The van der Waals surface area contributed by atoms with E-state index in [0.717, 1.165) is 53.6 Å². The van der Waals surface area contributed by atoms with Crippen LogP contribution in [0.4, 0.5) is 5.95 Å². The smallest absolute Gasteiger partial charge is 0.245 e. The van der Waals surface area contributed by atoms with E-state index in [1.165, 1.54) is 0 Å². The Hall–Kier alpha value is -0.920. The molecule has 0 bridgehead atoms. The topological polar surface area (TPSA) is 70.8 Å². The van der Waals surface area contributed by atoms with Crippen LogP contribution in [0, 0.1) is 5.92 Å². The highest BCUT2D eigenvalue weighted by molar-refractivity contribution is 9.11. The van der Waals surface area contributed by atoms with Crippen molar-refractivity contribution in [2.24, 2.45) is 11.7 Å². The molecule has 0 atom stereocenters. The van der Waals surface area contributed by atoms with E-state index in [4.69, 9.17) is 5.73 Å². The van der Waals surface area contributed by atoms with Crippen LogP contribution in [0.25, 0.3) is 11.4 Å². The molecule has 7 heteroatoms. The summed E-state index contributed by atoms with van der Waals surface area (Å²) in [5.74, 6) is 2.29. The third kappa shape index (κ3) is 2.82. The monoisotopic (exact) mass is 341 g/mol. The van der Waals surface area contributed by atoms with Gasteiger partial charge in [0.15, 0.2) is 5.82 Å². The third-order valence-corrected chi connectivity index (χ3v) is 5.05. The minimum atomic E-state index is 0.655. The Morgan fingerprint density at radius 1 is 1.47 bits per heavy atom. The molecule has 0 saturated carbocycles. The van der Waals surface area contributed by atoms with Crippen LogP contribution in [0.5, 0.6) is 0 Å². The summed E-state index contributed by atoms with van der Waals surface area (Å²) in [5.41, 5.74) is 6.79. The molecule has 3 N–H and O–H groups in total. The second-order valence-electron chi connectivity index (χ2n) is 4.79. The van der Waals surface area contributed by atoms with Crippen LogP contribution in [-0.2, 0) is 0 Å². The Morgan fingerprint density at radius 3 is 2.89 bits per heavy atom. The molecule has 3 rings (SSSR count). The van der Waals surface area contributed by atoms with Crippen LogP contribution in [0.3, 0.4) is 0 Å². The average molecular weight is 342 g/mol. The first kappa shape index (κ1) is 13.1. The number of anilines is 1. The molecule has 0 amide bonds. The van der Waals surface area contributed by atoms with Gasteiger partial charge in [-0.3, -0.25) is 5.10 Å². The van der Waals surface area contributed by atoms with Crippen LogP contribution >= 0.6 is 27.3 Å². The number of nitrogens with one attached hydrogen (secondary N) is 1. The lowest BCUT2D eigenvalue weighted by molar-refractivity contribution is 0.411. The van der Waals surface area contributed by atoms with Gasteiger partial charge in [0.05, 0.1) is 3.79 Å². The maximum absolute atomic E-state index is 5.71. The van der Waals surface area contributed by atoms with Crippen LogP contribution < -0.4 is 10.6 Å². The Kier molecular flexibility index (Phi) is 3.86. The van der Waals surface area contributed by atoms with Gasteiger partial charge in [-0.15, -0.1) is 16.4 Å². The van der Waals surface area contributed by atoms with Gasteiger partial charge in [0.25, 0.3) is 0 Å². The molecule has 5 nitrogen and oxygen atoms in total. The van der Waals surface area contributed by atoms with E-state index in [9.17, 15) is 0 Å². The molecule has 0 aliphatic carbocycles. The lowest BCUT2D eigenvalue weighted by Crippen LogP contribution is -2.36. The van der Waals surface area contributed by atoms with Gasteiger partial charge in [-0.25, -0.2) is 0 Å². The molecule has 102 valence electrons. The number of piperidine rings is 1. The SMILES string of the molecule is NCC1CCN(c2n[nH]c(-c3csc(Br)c3)n2)CC1.